The van der Waals surface area contributed by atoms with E-state index in [1.807, 2.05) is 17.0 Å². The van der Waals surface area contributed by atoms with Gasteiger partial charge in [0.2, 0.25) is 5.88 Å². The second-order valence-corrected chi connectivity index (χ2v) is 7.75. The molecule has 0 radical (unpaired) electrons. The maximum absolute atomic E-state index is 13.2. The molecule has 2 aromatic carbocycles. The zero-order chi connectivity index (χ0) is 22.2. The van der Waals surface area contributed by atoms with Gasteiger partial charge in [-0.1, -0.05) is 60.7 Å². The van der Waals surface area contributed by atoms with Crippen LogP contribution in [0.4, 0.5) is 0 Å². The molecule has 0 N–H and O–H groups in total. The van der Waals surface area contributed by atoms with Crippen molar-refractivity contribution in [2.45, 2.75) is 6.04 Å². The van der Waals surface area contributed by atoms with E-state index < -0.39 is 0 Å². The maximum atomic E-state index is 13.2. The Labute approximate surface area is 189 Å². The second kappa shape index (κ2) is 10.9. The topological polar surface area (TPSA) is 54.9 Å². The van der Waals surface area contributed by atoms with Gasteiger partial charge in [0.05, 0.1) is 12.6 Å². The second-order valence-electron chi connectivity index (χ2n) is 7.75. The number of ether oxygens (including phenoxy) is 2. The lowest BCUT2D eigenvalue weighted by Gasteiger charge is -2.39. The summed E-state index contributed by atoms with van der Waals surface area (Å²) in [4.78, 5) is 21.8. The first-order valence-electron chi connectivity index (χ1n) is 11.0. The van der Waals surface area contributed by atoms with E-state index in [0.717, 1.165) is 13.1 Å². The quantitative estimate of drug-likeness (QED) is 0.510. The smallest absolute Gasteiger partial charge is 0.259 e. The van der Waals surface area contributed by atoms with Crippen LogP contribution in [0.1, 0.15) is 27.5 Å². The fraction of sp³-hybridized carbons (Fsp3) is 0.308. The van der Waals surface area contributed by atoms with Crippen LogP contribution >= 0.6 is 0 Å². The van der Waals surface area contributed by atoms with Gasteiger partial charge in [-0.2, -0.15) is 0 Å². The number of amides is 1. The van der Waals surface area contributed by atoms with Crippen molar-refractivity contribution >= 4 is 5.91 Å². The third-order valence-corrected chi connectivity index (χ3v) is 5.73. The molecule has 4 rings (SSSR count). The number of rotatable bonds is 8. The van der Waals surface area contributed by atoms with E-state index in [4.69, 9.17) is 9.47 Å². The van der Waals surface area contributed by atoms with Gasteiger partial charge in [0.15, 0.2) is 0 Å². The molecule has 1 fully saturated rings. The lowest BCUT2D eigenvalue weighted by atomic mass is 9.96. The monoisotopic (exact) mass is 431 g/mol. The number of aromatic nitrogens is 1. The average molecular weight is 432 g/mol. The number of carbonyl (C=O) groups excluding carboxylic acids is 1. The lowest BCUT2D eigenvalue weighted by Crippen LogP contribution is -2.50. The molecule has 0 saturated carbocycles. The number of hydrogen-bond donors (Lipinski definition) is 0. The number of pyridine rings is 1. The van der Waals surface area contributed by atoms with Gasteiger partial charge in [0.25, 0.3) is 5.91 Å². The molecule has 3 aromatic rings. The largest absolute Gasteiger partial charge is 0.475 e. The van der Waals surface area contributed by atoms with Crippen molar-refractivity contribution in [3.63, 3.8) is 0 Å². The van der Waals surface area contributed by atoms with Crippen molar-refractivity contribution in [1.82, 2.24) is 14.8 Å². The minimum Gasteiger partial charge on any atom is -0.475 e. The first-order chi connectivity index (χ1) is 15.8. The highest BCUT2D eigenvalue weighted by Gasteiger charge is 2.29. The molecule has 1 aromatic heterocycles. The van der Waals surface area contributed by atoms with Crippen LogP contribution in [0.25, 0.3) is 0 Å². The highest BCUT2D eigenvalue weighted by molar-refractivity contribution is 5.96. The van der Waals surface area contributed by atoms with Crippen molar-refractivity contribution < 1.29 is 14.3 Å². The molecule has 0 unspecified atom stereocenters. The minimum atomic E-state index is -0.0406. The van der Waals surface area contributed by atoms with Crippen LogP contribution in [0.2, 0.25) is 0 Å². The van der Waals surface area contributed by atoms with Crippen LogP contribution in [-0.2, 0) is 4.74 Å². The average Bonchev–Trinajstić information content (AvgIpc) is 2.86. The standard InChI is InChI=1S/C26H29N3O3/c1-31-19-20-32-25-23(13-8-14-27-25)26(30)29-17-15-28(16-18-29)24(21-9-4-2-5-10-21)22-11-6-3-7-12-22/h2-14,24H,15-20H2,1H3. The van der Waals surface area contributed by atoms with Crippen molar-refractivity contribution in [1.29, 1.82) is 0 Å². The van der Waals surface area contributed by atoms with Crippen molar-refractivity contribution in [2.75, 3.05) is 46.5 Å². The van der Waals surface area contributed by atoms with Gasteiger partial charge < -0.3 is 14.4 Å². The van der Waals surface area contributed by atoms with E-state index in [0.29, 0.717) is 37.7 Å². The predicted molar refractivity (Wildman–Crippen MR) is 124 cm³/mol. The van der Waals surface area contributed by atoms with Crippen molar-refractivity contribution in [2.24, 2.45) is 0 Å². The first kappa shape index (κ1) is 22.0. The molecule has 2 heterocycles. The molecule has 1 saturated heterocycles. The predicted octanol–water partition coefficient (Wildman–Crippen LogP) is 3.65. The number of carbonyl (C=O) groups is 1. The number of nitrogens with zero attached hydrogens (tertiary/aromatic N) is 3. The van der Waals surface area contributed by atoms with E-state index in [9.17, 15) is 4.79 Å². The Hall–Kier alpha value is -3.22. The highest BCUT2D eigenvalue weighted by Crippen LogP contribution is 2.30. The highest BCUT2D eigenvalue weighted by atomic mass is 16.5. The Morgan fingerprint density at radius 2 is 1.50 bits per heavy atom. The molecule has 1 aliphatic rings. The summed E-state index contributed by atoms with van der Waals surface area (Å²) in [5, 5.41) is 0. The van der Waals surface area contributed by atoms with E-state index in [1.165, 1.54) is 11.1 Å². The summed E-state index contributed by atoms with van der Waals surface area (Å²) in [6, 6.07) is 24.8. The van der Waals surface area contributed by atoms with Crippen LogP contribution in [0, 0.1) is 0 Å². The van der Waals surface area contributed by atoms with Gasteiger partial charge in [-0.25, -0.2) is 4.98 Å². The van der Waals surface area contributed by atoms with Gasteiger partial charge in [0.1, 0.15) is 12.2 Å². The number of methoxy groups -OCH3 is 1. The van der Waals surface area contributed by atoms with Crippen molar-refractivity contribution in [3.8, 4) is 5.88 Å². The van der Waals surface area contributed by atoms with Gasteiger partial charge in [-0.05, 0) is 23.3 Å². The summed E-state index contributed by atoms with van der Waals surface area (Å²) >= 11 is 0. The summed E-state index contributed by atoms with van der Waals surface area (Å²) in [7, 11) is 1.62. The summed E-state index contributed by atoms with van der Waals surface area (Å²) in [5.41, 5.74) is 3.03. The third kappa shape index (κ3) is 5.15. The van der Waals surface area contributed by atoms with Crippen LogP contribution in [0.3, 0.4) is 0 Å². The molecule has 0 bridgehead atoms. The van der Waals surface area contributed by atoms with Gasteiger partial charge in [0, 0.05) is 39.5 Å². The van der Waals surface area contributed by atoms with Crippen molar-refractivity contribution in [3.05, 3.63) is 95.7 Å². The molecule has 32 heavy (non-hydrogen) atoms. The van der Waals surface area contributed by atoms with E-state index in [2.05, 4.69) is 58.4 Å². The van der Waals surface area contributed by atoms with E-state index >= 15 is 0 Å². The zero-order valence-electron chi connectivity index (χ0n) is 18.4. The molecular weight excluding hydrogens is 402 g/mol. The molecule has 6 heteroatoms. The number of benzene rings is 2. The van der Waals surface area contributed by atoms with E-state index in [1.54, 1.807) is 25.4 Å². The lowest BCUT2D eigenvalue weighted by molar-refractivity contribution is 0.0590. The number of hydrogen-bond acceptors (Lipinski definition) is 5. The Morgan fingerprint density at radius 1 is 0.875 bits per heavy atom. The Kier molecular flexibility index (Phi) is 7.48. The van der Waals surface area contributed by atoms with Crippen LogP contribution < -0.4 is 4.74 Å². The maximum Gasteiger partial charge on any atom is 0.259 e. The molecular formula is C26H29N3O3. The van der Waals surface area contributed by atoms with Gasteiger partial charge in [-0.15, -0.1) is 0 Å². The molecule has 0 spiro atoms. The summed E-state index contributed by atoms with van der Waals surface area (Å²) in [6.07, 6.45) is 1.64. The van der Waals surface area contributed by atoms with Crippen LogP contribution in [0.15, 0.2) is 79.0 Å². The van der Waals surface area contributed by atoms with Crippen LogP contribution in [0.5, 0.6) is 5.88 Å². The molecule has 1 aliphatic heterocycles. The fourth-order valence-corrected chi connectivity index (χ4v) is 4.13. The molecule has 166 valence electrons. The number of piperazine rings is 1. The summed E-state index contributed by atoms with van der Waals surface area (Å²) in [6.45, 7) is 3.70. The third-order valence-electron chi connectivity index (χ3n) is 5.73. The van der Waals surface area contributed by atoms with Gasteiger partial charge >= 0.3 is 0 Å². The molecule has 0 atom stereocenters. The summed E-state index contributed by atoms with van der Waals surface area (Å²) in [5.74, 6) is 0.324. The van der Waals surface area contributed by atoms with Gasteiger partial charge in [-0.3, -0.25) is 9.69 Å². The first-order valence-corrected chi connectivity index (χ1v) is 11.0. The molecule has 0 aliphatic carbocycles. The van der Waals surface area contributed by atoms with Crippen LogP contribution in [-0.4, -0.2) is 67.2 Å². The Balaban J connectivity index is 1.47. The fourth-order valence-electron chi connectivity index (χ4n) is 4.13. The normalized spacial score (nSPS) is 14.5. The Morgan fingerprint density at radius 3 is 2.09 bits per heavy atom. The molecule has 1 amide bonds. The van der Waals surface area contributed by atoms with E-state index in [-0.39, 0.29) is 11.9 Å². The SMILES string of the molecule is COCCOc1ncccc1C(=O)N1CCN(C(c2ccccc2)c2ccccc2)CC1. The summed E-state index contributed by atoms with van der Waals surface area (Å²) < 4.78 is 10.7. The Bertz CT molecular complexity index is 950. The minimum absolute atomic E-state index is 0.0406. The molecule has 6 nitrogen and oxygen atoms in total. The zero-order valence-corrected chi connectivity index (χ0v) is 18.4.